The minimum absolute atomic E-state index is 0.278. The summed E-state index contributed by atoms with van der Waals surface area (Å²) in [4.78, 5) is 10.8. The molecule has 5 nitrogen and oxygen atoms in total. The summed E-state index contributed by atoms with van der Waals surface area (Å²) >= 11 is 0. The summed E-state index contributed by atoms with van der Waals surface area (Å²) in [6.45, 7) is 3.87. The molecule has 1 heterocycles. The van der Waals surface area contributed by atoms with Crippen molar-refractivity contribution in [3.05, 3.63) is 29.8 Å². The quantitative estimate of drug-likeness (QED) is 0.791. The molecular formula is C15H23N3O2. The Morgan fingerprint density at radius 3 is 2.75 bits per heavy atom. The SMILES string of the molecule is CC(NC1CCCOCC1)c1ccc(NC(N)=O)cc1. The Balaban J connectivity index is 1.90. The van der Waals surface area contributed by atoms with Crippen LogP contribution in [0.4, 0.5) is 10.5 Å². The van der Waals surface area contributed by atoms with Gasteiger partial charge in [0.1, 0.15) is 0 Å². The molecule has 0 aliphatic carbocycles. The molecule has 0 radical (unpaired) electrons. The third-order valence-electron chi connectivity index (χ3n) is 3.62. The zero-order chi connectivity index (χ0) is 14.4. The number of amides is 2. The van der Waals surface area contributed by atoms with Gasteiger partial charge in [-0.1, -0.05) is 12.1 Å². The van der Waals surface area contributed by atoms with Gasteiger partial charge in [-0.15, -0.1) is 0 Å². The van der Waals surface area contributed by atoms with Crippen LogP contribution in [0.3, 0.4) is 0 Å². The average molecular weight is 277 g/mol. The summed E-state index contributed by atoms with van der Waals surface area (Å²) in [5, 5.41) is 6.21. The topological polar surface area (TPSA) is 76.4 Å². The Hall–Kier alpha value is -1.59. The highest BCUT2D eigenvalue weighted by molar-refractivity contribution is 5.87. The van der Waals surface area contributed by atoms with Gasteiger partial charge in [0.2, 0.25) is 0 Å². The second kappa shape index (κ2) is 7.26. The number of ether oxygens (including phenoxy) is 1. The summed E-state index contributed by atoms with van der Waals surface area (Å²) in [7, 11) is 0. The Labute approximate surface area is 119 Å². The van der Waals surface area contributed by atoms with Gasteiger partial charge in [0.05, 0.1) is 0 Å². The number of nitrogens with two attached hydrogens (primary N) is 1. The summed E-state index contributed by atoms with van der Waals surface area (Å²) in [6, 6.07) is 8.01. The molecule has 0 bridgehead atoms. The molecule has 2 unspecified atom stereocenters. The van der Waals surface area contributed by atoms with E-state index >= 15 is 0 Å². The highest BCUT2D eigenvalue weighted by atomic mass is 16.5. The second-order valence-electron chi connectivity index (χ2n) is 5.24. The van der Waals surface area contributed by atoms with Crippen LogP contribution < -0.4 is 16.4 Å². The molecule has 2 amide bonds. The lowest BCUT2D eigenvalue weighted by Gasteiger charge is -2.22. The minimum atomic E-state index is -0.539. The Morgan fingerprint density at radius 1 is 1.30 bits per heavy atom. The molecule has 5 heteroatoms. The van der Waals surface area contributed by atoms with Crippen molar-refractivity contribution >= 4 is 11.7 Å². The first-order valence-electron chi connectivity index (χ1n) is 7.15. The summed E-state index contributed by atoms with van der Waals surface area (Å²) in [5.74, 6) is 0. The van der Waals surface area contributed by atoms with Crippen molar-refractivity contribution in [2.45, 2.75) is 38.3 Å². The minimum Gasteiger partial charge on any atom is -0.381 e. The Kier molecular flexibility index (Phi) is 5.38. The van der Waals surface area contributed by atoms with Crippen molar-refractivity contribution in [2.24, 2.45) is 5.73 Å². The lowest BCUT2D eigenvalue weighted by atomic mass is 10.0. The van der Waals surface area contributed by atoms with Crippen molar-refractivity contribution in [2.75, 3.05) is 18.5 Å². The van der Waals surface area contributed by atoms with Crippen LogP contribution >= 0.6 is 0 Å². The molecule has 1 aliphatic rings. The number of anilines is 1. The van der Waals surface area contributed by atoms with Crippen LogP contribution in [-0.2, 0) is 4.74 Å². The summed E-state index contributed by atoms with van der Waals surface area (Å²) < 4.78 is 5.47. The number of carbonyl (C=O) groups excluding carboxylic acids is 1. The number of nitrogens with one attached hydrogen (secondary N) is 2. The molecule has 0 saturated carbocycles. The second-order valence-corrected chi connectivity index (χ2v) is 5.24. The first kappa shape index (κ1) is 14.8. The van der Waals surface area contributed by atoms with Crippen LogP contribution in [0.15, 0.2) is 24.3 Å². The van der Waals surface area contributed by atoms with Gasteiger partial charge in [-0.05, 0) is 43.9 Å². The van der Waals surface area contributed by atoms with Gasteiger partial charge in [-0.3, -0.25) is 0 Å². The Morgan fingerprint density at radius 2 is 2.05 bits per heavy atom. The van der Waals surface area contributed by atoms with Crippen LogP contribution in [0.2, 0.25) is 0 Å². The lowest BCUT2D eigenvalue weighted by Crippen LogP contribution is -2.31. The molecule has 1 saturated heterocycles. The van der Waals surface area contributed by atoms with Crippen molar-refractivity contribution in [1.82, 2.24) is 5.32 Å². The van der Waals surface area contributed by atoms with Gasteiger partial charge in [0.25, 0.3) is 0 Å². The number of urea groups is 1. The smallest absolute Gasteiger partial charge is 0.316 e. The van der Waals surface area contributed by atoms with E-state index < -0.39 is 6.03 Å². The molecule has 1 aromatic rings. The molecule has 2 rings (SSSR count). The van der Waals surface area contributed by atoms with Crippen LogP contribution in [0, 0.1) is 0 Å². The highest BCUT2D eigenvalue weighted by Crippen LogP contribution is 2.19. The molecule has 110 valence electrons. The van der Waals surface area contributed by atoms with E-state index in [1.807, 2.05) is 24.3 Å². The van der Waals surface area contributed by atoms with Gasteiger partial charge in [-0.25, -0.2) is 4.79 Å². The van der Waals surface area contributed by atoms with Crippen LogP contribution in [0.25, 0.3) is 0 Å². The van der Waals surface area contributed by atoms with E-state index in [9.17, 15) is 4.79 Å². The summed E-state index contributed by atoms with van der Waals surface area (Å²) in [5.41, 5.74) is 7.00. The van der Waals surface area contributed by atoms with Crippen LogP contribution in [0.5, 0.6) is 0 Å². The van der Waals surface area contributed by atoms with E-state index in [1.54, 1.807) is 0 Å². The molecular weight excluding hydrogens is 254 g/mol. The molecule has 2 atom stereocenters. The number of hydrogen-bond donors (Lipinski definition) is 3. The van der Waals surface area contributed by atoms with E-state index in [4.69, 9.17) is 10.5 Å². The molecule has 1 aromatic carbocycles. The maximum Gasteiger partial charge on any atom is 0.316 e. The predicted octanol–water partition coefficient (Wildman–Crippen LogP) is 2.40. The normalized spacial score (nSPS) is 20.9. The standard InChI is InChI=1S/C15H23N3O2/c1-11(17-13-3-2-9-20-10-8-13)12-4-6-14(7-5-12)18-15(16)19/h4-7,11,13,17H,2-3,8-10H2,1H3,(H3,16,18,19). The lowest BCUT2D eigenvalue weighted by molar-refractivity contribution is 0.142. The molecule has 4 N–H and O–H groups in total. The largest absolute Gasteiger partial charge is 0.381 e. The fourth-order valence-electron chi connectivity index (χ4n) is 2.52. The number of rotatable bonds is 4. The van der Waals surface area contributed by atoms with E-state index in [0.717, 1.165) is 38.2 Å². The molecule has 20 heavy (non-hydrogen) atoms. The first-order chi connectivity index (χ1) is 9.65. The number of primary amides is 1. The van der Waals surface area contributed by atoms with Crippen LogP contribution in [-0.4, -0.2) is 25.3 Å². The number of hydrogen-bond acceptors (Lipinski definition) is 3. The van der Waals surface area contributed by atoms with Crippen molar-refractivity contribution < 1.29 is 9.53 Å². The third-order valence-corrected chi connectivity index (χ3v) is 3.62. The predicted molar refractivity (Wildman–Crippen MR) is 79.7 cm³/mol. The van der Waals surface area contributed by atoms with E-state index in [-0.39, 0.29) is 6.04 Å². The van der Waals surface area contributed by atoms with Crippen molar-refractivity contribution in [1.29, 1.82) is 0 Å². The fraction of sp³-hybridized carbons (Fsp3) is 0.533. The molecule has 1 fully saturated rings. The van der Waals surface area contributed by atoms with Gasteiger partial charge in [-0.2, -0.15) is 0 Å². The van der Waals surface area contributed by atoms with Gasteiger partial charge in [0, 0.05) is 31.0 Å². The van der Waals surface area contributed by atoms with Crippen molar-refractivity contribution in [3.8, 4) is 0 Å². The van der Waals surface area contributed by atoms with Gasteiger partial charge in [0.15, 0.2) is 0 Å². The Bertz CT molecular complexity index is 425. The third kappa shape index (κ3) is 4.51. The zero-order valence-corrected chi connectivity index (χ0v) is 11.9. The number of benzene rings is 1. The van der Waals surface area contributed by atoms with E-state index in [0.29, 0.717) is 6.04 Å². The van der Waals surface area contributed by atoms with Gasteiger partial charge >= 0.3 is 6.03 Å². The van der Waals surface area contributed by atoms with E-state index in [2.05, 4.69) is 17.6 Å². The monoisotopic (exact) mass is 277 g/mol. The van der Waals surface area contributed by atoms with Gasteiger partial charge < -0.3 is 21.1 Å². The molecule has 1 aliphatic heterocycles. The molecule has 0 spiro atoms. The van der Waals surface area contributed by atoms with E-state index in [1.165, 1.54) is 5.56 Å². The van der Waals surface area contributed by atoms with Crippen LogP contribution in [0.1, 0.15) is 37.8 Å². The number of carbonyl (C=O) groups is 1. The maximum absolute atomic E-state index is 10.8. The summed E-state index contributed by atoms with van der Waals surface area (Å²) in [6.07, 6.45) is 3.34. The highest BCUT2D eigenvalue weighted by Gasteiger charge is 2.15. The zero-order valence-electron chi connectivity index (χ0n) is 11.9. The first-order valence-corrected chi connectivity index (χ1v) is 7.15. The van der Waals surface area contributed by atoms with Crippen molar-refractivity contribution in [3.63, 3.8) is 0 Å². The molecule has 0 aromatic heterocycles. The fourth-order valence-corrected chi connectivity index (χ4v) is 2.52. The average Bonchev–Trinajstić information content (AvgIpc) is 2.67. The maximum atomic E-state index is 10.8.